The van der Waals surface area contributed by atoms with E-state index in [1.807, 2.05) is 0 Å². The first-order valence-electron chi connectivity index (χ1n) is 7.39. The maximum Gasteiger partial charge on any atom is 0.344 e. The predicted octanol–water partition coefficient (Wildman–Crippen LogP) is 2.74. The van der Waals surface area contributed by atoms with Crippen molar-refractivity contribution in [2.45, 2.75) is 6.92 Å². The average molecular weight is 325 g/mol. The molecule has 0 unspecified atom stereocenters. The molecule has 7 nitrogen and oxygen atoms in total. The smallest absolute Gasteiger partial charge is 0.344 e. The Morgan fingerprint density at radius 2 is 1.62 bits per heavy atom. The molecule has 0 spiro atoms. The summed E-state index contributed by atoms with van der Waals surface area (Å²) in [5.41, 5.74) is 1.56. The molecule has 24 heavy (non-hydrogen) atoms. The molecule has 7 heteroatoms. The third-order valence-corrected chi connectivity index (χ3v) is 3.12. The van der Waals surface area contributed by atoms with Crippen molar-refractivity contribution in [3.05, 3.63) is 48.8 Å². The van der Waals surface area contributed by atoms with Gasteiger partial charge in [-0.25, -0.2) is 4.79 Å². The molecule has 0 saturated heterocycles. The van der Waals surface area contributed by atoms with Crippen LogP contribution >= 0.6 is 0 Å². The van der Waals surface area contributed by atoms with Crippen LogP contribution in [0.2, 0.25) is 0 Å². The molecule has 0 saturated carbocycles. The zero-order valence-corrected chi connectivity index (χ0v) is 13.0. The molecule has 0 aliphatic rings. The first-order chi connectivity index (χ1) is 11.8. The zero-order valence-electron chi connectivity index (χ0n) is 13.0. The van der Waals surface area contributed by atoms with E-state index in [1.54, 1.807) is 55.7 Å². The minimum absolute atomic E-state index is 0.125. The quantitative estimate of drug-likeness (QED) is 0.644. The van der Waals surface area contributed by atoms with Gasteiger partial charge in [-0.15, -0.1) is 10.2 Å². The van der Waals surface area contributed by atoms with Crippen molar-refractivity contribution in [2.24, 2.45) is 0 Å². The minimum Gasteiger partial charge on any atom is -0.482 e. The van der Waals surface area contributed by atoms with E-state index < -0.39 is 5.97 Å². The number of hydrogen-bond acceptors (Lipinski definition) is 7. The van der Waals surface area contributed by atoms with Gasteiger partial charge in [0, 0.05) is 23.5 Å². The lowest BCUT2D eigenvalue weighted by molar-refractivity contribution is -0.145. The lowest BCUT2D eigenvalue weighted by Crippen LogP contribution is -2.14. The van der Waals surface area contributed by atoms with Gasteiger partial charge in [-0.3, -0.25) is 4.98 Å². The van der Waals surface area contributed by atoms with Crippen molar-refractivity contribution in [1.82, 2.24) is 15.2 Å². The van der Waals surface area contributed by atoms with E-state index in [-0.39, 0.29) is 6.61 Å². The van der Waals surface area contributed by atoms with Crippen molar-refractivity contribution < 1.29 is 18.7 Å². The van der Waals surface area contributed by atoms with Gasteiger partial charge in [0.1, 0.15) is 5.75 Å². The summed E-state index contributed by atoms with van der Waals surface area (Å²) >= 11 is 0. The van der Waals surface area contributed by atoms with Crippen molar-refractivity contribution in [3.63, 3.8) is 0 Å². The Labute approximate surface area is 138 Å². The molecule has 3 rings (SSSR count). The van der Waals surface area contributed by atoms with E-state index in [9.17, 15) is 4.79 Å². The molecule has 122 valence electrons. The Kier molecular flexibility index (Phi) is 4.81. The monoisotopic (exact) mass is 325 g/mol. The Bertz CT molecular complexity index is 800. The van der Waals surface area contributed by atoms with Crippen LogP contribution in [-0.2, 0) is 9.53 Å². The summed E-state index contributed by atoms with van der Waals surface area (Å²) in [6.07, 6.45) is 3.32. The second kappa shape index (κ2) is 7.36. The maximum atomic E-state index is 11.3. The minimum atomic E-state index is -0.402. The van der Waals surface area contributed by atoms with Crippen LogP contribution in [0.25, 0.3) is 22.9 Å². The summed E-state index contributed by atoms with van der Waals surface area (Å²) in [7, 11) is 0. The Balaban J connectivity index is 1.68. The number of esters is 1. The molecule has 0 N–H and O–H groups in total. The number of aromatic nitrogens is 3. The van der Waals surface area contributed by atoms with Crippen LogP contribution in [0.5, 0.6) is 5.75 Å². The van der Waals surface area contributed by atoms with E-state index in [4.69, 9.17) is 13.9 Å². The largest absolute Gasteiger partial charge is 0.482 e. The molecule has 0 fully saturated rings. The summed E-state index contributed by atoms with van der Waals surface area (Å²) in [5.74, 6) is 0.981. The number of rotatable bonds is 6. The van der Waals surface area contributed by atoms with Gasteiger partial charge in [0.05, 0.1) is 6.61 Å². The molecule has 2 aromatic heterocycles. The van der Waals surface area contributed by atoms with Gasteiger partial charge in [0.2, 0.25) is 11.8 Å². The highest BCUT2D eigenvalue weighted by Gasteiger charge is 2.10. The molecule has 0 radical (unpaired) electrons. The Morgan fingerprint density at radius 3 is 2.25 bits per heavy atom. The van der Waals surface area contributed by atoms with Gasteiger partial charge >= 0.3 is 5.97 Å². The van der Waals surface area contributed by atoms with Gasteiger partial charge in [0.25, 0.3) is 0 Å². The topological polar surface area (TPSA) is 87.3 Å². The van der Waals surface area contributed by atoms with E-state index in [0.29, 0.717) is 24.1 Å². The van der Waals surface area contributed by atoms with Crippen molar-refractivity contribution in [2.75, 3.05) is 13.2 Å². The third-order valence-electron chi connectivity index (χ3n) is 3.12. The van der Waals surface area contributed by atoms with E-state index in [2.05, 4.69) is 15.2 Å². The average Bonchev–Trinajstić information content (AvgIpc) is 3.12. The molecule has 2 heterocycles. The van der Waals surface area contributed by atoms with Crippen LogP contribution < -0.4 is 4.74 Å². The van der Waals surface area contributed by atoms with Crippen LogP contribution in [-0.4, -0.2) is 34.4 Å². The lowest BCUT2D eigenvalue weighted by Gasteiger charge is -2.05. The molecule has 3 aromatic rings. The number of hydrogen-bond donors (Lipinski definition) is 0. The number of benzene rings is 1. The number of carbonyl (C=O) groups excluding carboxylic acids is 1. The van der Waals surface area contributed by atoms with Crippen LogP contribution in [0.15, 0.2) is 53.2 Å². The fourth-order valence-corrected chi connectivity index (χ4v) is 1.99. The Morgan fingerprint density at radius 1 is 1.00 bits per heavy atom. The standard InChI is InChI=1S/C17H15N3O4/c1-2-22-15(21)11-23-14-5-3-12(4-6-14)16-19-20-17(24-16)13-7-9-18-10-8-13/h3-10H,2,11H2,1H3. The van der Waals surface area contributed by atoms with Crippen molar-refractivity contribution in [3.8, 4) is 28.7 Å². The van der Waals surface area contributed by atoms with E-state index in [1.165, 1.54) is 0 Å². The highest BCUT2D eigenvalue weighted by atomic mass is 16.6. The van der Waals surface area contributed by atoms with Crippen LogP contribution in [0.1, 0.15) is 6.92 Å². The predicted molar refractivity (Wildman–Crippen MR) is 85.1 cm³/mol. The van der Waals surface area contributed by atoms with Gasteiger partial charge < -0.3 is 13.9 Å². The molecular formula is C17H15N3O4. The summed E-state index contributed by atoms with van der Waals surface area (Å²) < 4.78 is 15.8. The third kappa shape index (κ3) is 3.75. The first kappa shape index (κ1) is 15.7. The van der Waals surface area contributed by atoms with Gasteiger partial charge in [0.15, 0.2) is 6.61 Å². The second-order valence-corrected chi connectivity index (χ2v) is 4.77. The number of nitrogens with zero attached hydrogens (tertiary/aromatic N) is 3. The van der Waals surface area contributed by atoms with Crippen molar-refractivity contribution in [1.29, 1.82) is 0 Å². The summed E-state index contributed by atoms with van der Waals surface area (Å²) in [6.45, 7) is 1.95. The van der Waals surface area contributed by atoms with Gasteiger partial charge in [-0.05, 0) is 43.3 Å². The highest BCUT2D eigenvalue weighted by molar-refractivity contribution is 5.71. The molecule has 0 amide bonds. The first-order valence-corrected chi connectivity index (χ1v) is 7.39. The van der Waals surface area contributed by atoms with Crippen LogP contribution in [0.4, 0.5) is 0 Å². The molecule has 0 aliphatic heterocycles. The number of pyridine rings is 1. The number of carbonyl (C=O) groups is 1. The second-order valence-electron chi connectivity index (χ2n) is 4.77. The summed E-state index contributed by atoms with van der Waals surface area (Å²) in [5, 5.41) is 8.07. The zero-order chi connectivity index (χ0) is 16.8. The Hall–Kier alpha value is -3.22. The van der Waals surface area contributed by atoms with Gasteiger partial charge in [-0.2, -0.15) is 0 Å². The van der Waals surface area contributed by atoms with Crippen molar-refractivity contribution >= 4 is 5.97 Å². The van der Waals surface area contributed by atoms with E-state index >= 15 is 0 Å². The molecule has 1 aromatic carbocycles. The summed E-state index contributed by atoms with van der Waals surface area (Å²) in [4.78, 5) is 15.2. The normalized spacial score (nSPS) is 10.4. The van der Waals surface area contributed by atoms with Crippen LogP contribution in [0.3, 0.4) is 0 Å². The molecule has 0 aliphatic carbocycles. The molecule has 0 bridgehead atoms. The van der Waals surface area contributed by atoms with Gasteiger partial charge in [-0.1, -0.05) is 0 Å². The van der Waals surface area contributed by atoms with E-state index in [0.717, 1.165) is 11.1 Å². The summed E-state index contributed by atoms with van der Waals surface area (Å²) in [6, 6.07) is 10.6. The SMILES string of the molecule is CCOC(=O)COc1ccc(-c2nnc(-c3ccncc3)o2)cc1. The molecular weight excluding hydrogens is 310 g/mol. The molecule has 0 atom stereocenters. The fourth-order valence-electron chi connectivity index (χ4n) is 1.99. The lowest BCUT2D eigenvalue weighted by atomic mass is 10.2. The fraction of sp³-hybridized carbons (Fsp3) is 0.176. The van der Waals surface area contributed by atoms with Crippen LogP contribution in [0, 0.1) is 0 Å². The highest BCUT2D eigenvalue weighted by Crippen LogP contribution is 2.25. The number of ether oxygens (including phenoxy) is 2. The maximum absolute atomic E-state index is 11.3.